The van der Waals surface area contributed by atoms with Gasteiger partial charge in [0.05, 0.1) is 11.1 Å². The number of carboxylic acid groups (broad SMARTS) is 1. The number of likely N-dealkylation sites (N-methyl/N-ethyl adjacent to an activating group) is 1. The fourth-order valence-electron chi connectivity index (χ4n) is 3.73. The lowest BCUT2D eigenvalue weighted by atomic mass is 9.95. The summed E-state index contributed by atoms with van der Waals surface area (Å²) in [5.74, 6) is -1.55. The zero-order valence-electron chi connectivity index (χ0n) is 19.2. The van der Waals surface area contributed by atoms with E-state index in [4.69, 9.17) is 12.2 Å². The molecule has 0 spiro atoms. The predicted octanol–water partition coefficient (Wildman–Crippen LogP) is 2.52. The quantitative estimate of drug-likeness (QED) is 0.311. The third-order valence-corrected chi connectivity index (χ3v) is 10.2. The fraction of sp³-hybridized carbons (Fsp3) is 0.381. The summed E-state index contributed by atoms with van der Waals surface area (Å²) in [5.41, 5.74) is 1.44. The van der Waals surface area contributed by atoms with Crippen LogP contribution in [0.15, 0.2) is 45.6 Å². The van der Waals surface area contributed by atoms with Gasteiger partial charge in [-0.3, -0.25) is 9.69 Å². The second kappa shape index (κ2) is 9.81. The molecule has 0 radical (unpaired) electrons. The van der Waals surface area contributed by atoms with Gasteiger partial charge in [-0.1, -0.05) is 53.4 Å². The first-order valence-corrected chi connectivity index (χ1v) is 13.5. The van der Waals surface area contributed by atoms with E-state index in [1.807, 2.05) is 31.2 Å². The van der Waals surface area contributed by atoms with E-state index in [0.29, 0.717) is 15.7 Å². The number of aliphatic carboxylic acids is 1. The number of hydrogen-bond donors (Lipinski definition) is 1. The van der Waals surface area contributed by atoms with E-state index in [1.54, 1.807) is 25.9 Å². The number of thioether (sulfide) groups is 3. The minimum absolute atomic E-state index is 0.121. The summed E-state index contributed by atoms with van der Waals surface area (Å²) in [7, 11) is 3.47. The second-order valence-electron chi connectivity index (χ2n) is 7.96. The number of aromatic nitrogens is 4. The molecule has 4 rings (SSSR count). The van der Waals surface area contributed by atoms with Gasteiger partial charge in [0.25, 0.3) is 5.91 Å². The lowest BCUT2D eigenvalue weighted by molar-refractivity contribution is -0.147. The smallest absolute Gasteiger partial charge is 0.352 e. The van der Waals surface area contributed by atoms with Crippen molar-refractivity contribution in [3.63, 3.8) is 0 Å². The predicted molar refractivity (Wildman–Crippen MR) is 138 cm³/mol. The number of hydrogen-bond acceptors (Lipinski definition) is 10. The lowest BCUT2D eigenvalue weighted by Crippen LogP contribution is -2.72. The van der Waals surface area contributed by atoms with Gasteiger partial charge in [-0.2, -0.15) is 5.26 Å². The minimum atomic E-state index is -1.46. The monoisotopic (exact) mass is 547 g/mol. The van der Waals surface area contributed by atoms with Gasteiger partial charge in [0.1, 0.15) is 16.4 Å². The van der Waals surface area contributed by atoms with Crippen molar-refractivity contribution in [3.05, 3.63) is 41.1 Å². The van der Waals surface area contributed by atoms with Crippen molar-refractivity contribution in [1.29, 1.82) is 5.26 Å². The van der Waals surface area contributed by atoms with Crippen molar-refractivity contribution in [3.8, 4) is 6.07 Å². The molecule has 2 aromatic rings. The van der Waals surface area contributed by atoms with Gasteiger partial charge in [0.2, 0.25) is 9.90 Å². The molecule has 14 heteroatoms. The van der Waals surface area contributed by atoms with E-state index in [2.05, 4.69) is 21.6 Å². The van der Waals surface area contributed by atoms with Gasteiger partial charge < -0.3 is 10.0 Å². The highest BCUT2D eigenvalue weighted by atomic mass is 32.2. The van der Waals surface area contributed by atoms with E-state index < -0.39 is 27.4 Å². The fourth-order valence-corrected chi connectivity index (χ4v) is 7.91. The van der Waals surface area contributed by atoms with Crippen LogP contribution in [-0.2, 0) is 16.6 Å². The molecule has 1 unspecified atom stereocenters. The summed E-state index contributed by atoms with van der Waals surface area (Å²) in [6, 6.07) is 9.74. The zero-order chi connectivity index (χ0) is 25.5. The molecule has 1 amide bonds. The number of aryl methyl sites for hydroxylation is 2. The molecular weight excluding hydrogens is 527 g/mol. The summed E-state index contributed by atoms with van der Waals surface area (Å²) in [5, 5.41) is 31.1. The van der Waals surface area contributed by atoms with E-state index in [9.17, 15) is 20.0 Å². The first kappa shape index (κ1) is 25.5. The highest BCUT2D eigenvalue weighted by Crippen LogP contribution is 2.56. The van der Waals surface area contributed by atoms with Crippen LogP contribution in [0.3, 0.4) is 0 Å². The highest BCUT2D eigenvalue weighted by molar-refractivity contribution is 8.06. The summed E-state index contributed by atoms with van der Waals surface area (Å²) < 4.78 is 0.0303. The molecule has 2 aliphatic rings. The van der Waals surface area contributed by atoms with Crippen molar-refractivity contribution in [2.75, 3.05) is 12.8 Å². The Bertz CT molecular complexity index is 1270. The maximum atomic E-state index is 13.5. The summed E-state index contributed by atoms with van der Waals surface area (Å²) >= 11 is 9.18. The summed E-state index contributed by atoms with van der Waals surface area (Å²) in [6.07, 6.45) is 0. The zero-order valence-corrected chi connectivity index (χ0v) is 22.5. The highest BCUT2D eigenvalue weighted by Gasteiger charge is 2.67. The van der Waals surface area contributed by atoms with Gasteiger partial charge >= 0.3 is 5.97 Å². The normalized spacial score (nSPS) is 23.4. The molecule has 35 heavy (non-hydrogen) atoms. The average molecular weight is 548 g/mol. The van der Waals surface area contributed by atoms with Gasteiger partial charge in [-0.05, 0) is 36.4 Å². The van der Waals surface area contributed by atoms with Crippen molar-refractivity contribution >= 4 is 64.4 Å². The summed E-state index contributed by atoms with van der Waals surface area (Å²) in [4.78, 5) is 30.3. The van der Waals surface area contributed by atoms with Crippen LogP contribution in [0.5, 0.6) is 0 Å². The Balaban J connectivity index is 1.76. The maximum Gasteiger partial charge on any atom is 0.352 e. The first-order chi connectivity index (χ1) is 16.6. The van der Waals surface area contributed by atoms with Crippen molar-refractivity contribution in [1.82, 2.24) is 30.0 Å². The SMILES string of the molecule is CC(=S)N(C)C1S[C@@H]2N(C(=O)[C@]2(C#N)Sc2ccc(C)cc2)C(C(=O)O)=C1CSc1nnnn1C. The number of nitriles is 1. The maximum absolute atomic E-state index is 13.5. The Morgan fingerprint density at radius 1 is 1.40 bits per heavy atom. The van der Waals surface area contributed by atoms with Crippen molar-refractivity contribution in [2.45, 2.75) is 39.4 Å². The molecule has 0 bridgehead atoms. The molecule has 3 atom stereocenters. The third kappa shape index (κ3) is 4.42. The molecule has 1 aromatic carbocycles. The standard InChI is InChI=1S/C21H21N7O3S4/c1-11-5-7-13(8-6-11)35-21(10-22)18(31)28-15(17(29)30)14(9-33-20-23-24-25-27(20)4)16(34-19(21)28)26(3)12(2)32/h5-8,16,19H,9H2,1-4H3,(H,29,30)/t16?,19-,21-/m0/s1. The van der Waals surface area contributed by atoms with Crippen molar-refractivity contribution < 1.29 is 14.7 Å². The van der Waals surface area contributed by atoms with Crippen LogP contribution in [0, 0.1) is 18.3 Å². The number of fused-ring (bicyclic) bond motifs is 1. The molecule has 10 nitrogen and oxygen atoms in total. The average Bonchev–Trinajstić information content (AvgIpc) is 3.24. The number of benzene rings is 1. The molecule has 0 aliphatic carbocycles. The van der Waals surface area contributed by atoms with E-state index in [1.165, 1.54) is 33.1 Å². The van der Waals surface area contributed by atoms with Crippen LogP contribution in [0.4, 0.5) is 0 Å². The number of carbonyl (C=O) groups is 2. The largest absolute Gasteiger partial charge is 0.477 e. The number of thiocarbonyl (C=S) groups is 1. The number of carboxylic acids is 1. The Morgan fingerprint density at radius 2 is 2.09 bits per heavy atom. The topological polar surface area (TPSA) is 128 Å². The Hall–Kier alpha value is -2.60. The number of amides is 1. The molecular formula is C21H21N7O3S4. The Morgan fingerprint density at radius 3 is 2.63 bits per heavy atom. The number of rotatable bonds is 7. The molecule has 1 fully saturated rings. The number of β-lactam (4-membered cyclic amide) rings is 1. The number of tetrazole rings is 1. The van der Waals surface area contributed by atoms with Crippen LogP contribution in [0.2, 0.25) is 0 Å². The summed E-state index contributed by atoms with van der Waals surface area (Å²) in [6.45, 7) is 3.71. The molecule has 1 saturated heterocycles. The Kier molecular flexibility index (Phi) is 7.14. The van der Waals surface area contributed by atoms with Crippen LogP contribution in [-0.4, -0.2) is 80.3 Å². The van der Waals surface area contributed by atoms with Gasteiger partial charge in [0, 0.05) is 30.3 Å². The van der Waals surface area contributed by atoms with Gasteiger partial charge in [-0.15, -0.1) is 16.9 Å². The van der Waals surface area contributed by atoms with Gasteiger partial charge in [0.15, 0.2) is 0 Å². The van der Waals surface area contributed by atoms with Crippen LogP contribution in [0.25, 0.3) is 0 Å². The molecule has 1 N–H and O–H groups in total. The van der Waals surface area contributed by atoms with Crippen LogP contribution >= 0.6 is 47.5 Å². The number of nitrogens with zero attached hydrogens (tertiary/aromatic N) is 7. The molecule has 3 heterocycles. The van der Waals surface area contributed by atoms with Gasteiger partial charge in [-0.25, -0.2) is 9.48 Å². The third-order valence-electron chi connectivity index (χ3n) is 5.67. The van der Waals surface area contributed by atoms with Crippen LogP contribution in [0.1, 0.15) is 12.5 Å². The van der Waals surface area contributed by atoms with E-state index >= 15 is 0 Å². The lowest BCUT2D eigenvalue weighted by Gasteiger charge is -2.55. The van der Waals surface area contributed by atoms with E-state index in [-0.39, 0.29) is 11.4 Å². The van der Waals surface area contributed by atoms with E-state index in [0.717, 1.165) is 22.2 Å². The molecule has 182 valence electrons. The molecule has 2 aliphatic heterocycles. The second-order valence-corrected chi connectivity index (χ2v) is 12.0. The molecule has 1 aromatic heterocycles. The minimum Gasteiger partial charge on any atom is -0.477 e. The first-order valence-electron chi connectivity index (χ1n) is 10.3. The van der Waals surface area contributed by atoms with Crippen LogP contribution < -0.4 is 0 Å². The number of carbonyl (C=O) groups excluding carboxylic acids is 1. The van der Waals surface area contributed by atoms with Crippen molar-refractivity contribution in [2.24, 2.45) is 7.05 Å². The molecule has 0 saturated carbocycles. The Labute approximate surface area is 220 Å².